The van der Waals surface area contributed by atoms with Crippen LogP contribution in [0.4, 0.5) is 11.4 Å². The number of nitriles is 2. The molecule has 3 rings (SSSR count). The van der Waals surface area contributed by atoms with Crippen LogP contribution in [-0.2, 0) is 0 Å². The monoisotopic (exact) mass is 351 g/mol. The number of ether oxygens (including phenoxy) is 2. The first-order chi connectivity index (χ1) is 12.2. The van der Waals surface area contributed by atoms with Crippen LogP contribution in [0.15, 0.2) is 34.1 Å². The molecule has 1 N–H and O–H groups in total. The second-order valence-corrected chi connectivity index (χ2v) is 6.39. The third kappa shape index (κ3) is 2.97. The number of hydrogen-bond acceptors (Lipinski definition) is 6. The Morgan fingerprint density at radius 1 is 1.04 bits per heavy atom. The number of hydrogen-bond donors (Lipinski definition) is 1. The Hall–Kier alpha value is -2.83. The Morgan fingerprint density at radius 2 is 1.76 bits per heavy atom. The molecule has 0 bridgehead atoms. The summed E-state index contributed by atoms with van der Waals surface area (Å²) in [5.74, 6) is 0.855. The molecule has 0 aromatic heterocycles. The largest absolute Gasteiger partial charge is 0.491 e. The minimum Gasteiger partial charge on any atom is -0.491 e. The second-order valence-electron chi connectivity index (χ2n) is 5.34. The summed E-state index contributed by atoms with van der Waals surface area (Å²) in [7, 11) is 0. The van der Waals surface area contributed by atoms with E-state index in [1.54, 1.807) is 0 Å². The molecule has 0 amide bonds. The van der Waals surface area contributed by atoms with Gasteiger partial charge in [-0.2, -0.15) is 10.5 Å². The molecule has 126 valence electrons. The van der Waals surface area contributed by atoms with Crippen LogP contribution < -0.4 is 14.8 Å². The van der Waals surface area contributed by atoms with Gasteiger partial charge >= 0.3 is 0 Å². The zero-order chi connectivity index (χ0) is 17.8. The molecular weight excluding hydrogens is 334 g/mol. The molecule has 0 atom stereocenters. The van der Waals surface area contributed by atoms with E-state index >= 15 is 0 Å². The lowest BCUT2D eigenvalue weighted by atomic mass is 10.0. The summed E-state index contributed by atoms with van der Waals surface area (Å²) in [4.78, 5) is 1.82. The molecule has 0 spiro atoms. The Kier molecular flexibility index (Phi) is 5.02. The molecule has 25 heavy (non-hydrogen) atoms. The maximum Gasteiger partial charge on any atom is 0.163 e. The molecule has 0 fully saturated rings. The minimum atomic E-state index is 0.210. The third-order valence-corrected chi connectivity index (χ3v) is 4.86. The highest BCUT2D eigenvalue weighted by molar-refractivity contribution is 7.99. The third-order valence-electron chi connectivity index (χ3n) is 3.69. The molecule has 1 aliphatic rings. The number of para-hydroxylation sites is 1. The van der Waals surface area contributed by atoms with Gasteiger partial charge in [0.25, 0.3) is 0 Å². The summed E-state index contributed by atoms with van der Waals surface area (Å²) in [5, 5.41) is 22.6. The summed E-state index contributed by atoms with van der Waals surface area (Å²) in [6, 6.07) is 12.1. The predicted molar refractivity (Wildman–Crippen MR) is 96.7 cm³/mol. The molecule has 1 aliphatic heterocycles. The van der Waals surface area contributed by atoms with Crippen molar-refractivity contribution in [2.75, 3.05) is 18.5 Å². The van der Waals surface area contributed by atoms with Gasteiger partial charge in [-0.15, -0.1) is 0 Å². The SMILES string of the molecule is CCCOc1c(C#N)c(C#N)c(OCC)c2c1Sc1ccccc1N2. The van der Waals surface area contributed by atoms with E-state index in [0.717, 1.165) is 21.9 Å². The fourth-order valence-corrected chi connectivity index (χ4v) is 3.74. The smallest absolute Gasteiger partial charge is 0.163 e. The summed E-state index contributed by atoms with van der Waals surface area (Å²) in [6.45, 7) is 4.72. The maximum atomic E-state index is 9.65. The lowest BCUT2D eigenvalue weighted by Crippen LogP contribution is -2.10. The quantitative estimate of drug-likeness (QED) is 0.709. The number of fused-ring (bicyclic) bond motifs is 2. The average molecular weight is 351 g/mol. The zero-order valence-corrected chi connectivity index (χ0v) is 14.9. The van der Waals surface area contributed by atoms with Gasteiger partial charge in [0, 0.05) is 4.90 Å². The summed E-state index contributed by atoms with van der Waals surface area (Å²) < 4.78 is 11.6. The van der Waals surface area contributed by atoms with Gasteiger partial charge < -0.3 is 14.8 Å². The van der Waals surface area contributed by atoms with Crippen molar-refractivity contribution in [1.82, 2.24) is 0 Å². The van der Waals surface area contributed by atoms with Crippen LogP contribution in [0.3, 0.4) is 0 Å². The summed E-state index contributed by atoms with van der Waals surface area (Å²) in [6.07, 6.45) is 0.809. The molecule has 0 saturated heterocycles. The van der Waals surface area contributed by atoms with Crippen LogP contribution in [-0.4, -0.2) is 13.2 Å². The molecule has 0 saturated carbocycles. The first-order valence-corrected chi connectivity index (χ1v) is 8.90. The van der Waals surface area contributed by atoms with E-state index in [9.17, 15) is 10.5 Å². The molecule has 5 nitrogen and oxygen atoms in total. The molecule has 0 radical (unpaired) electrons. The highest BCUT2D eigenvalue weighted by Gasteiger charge is 2.30. The first kappa shape index (κ1) is 17.0. The lowest BCUT2D eigenvalue weighted by molar-refractivity contribution is 0.306. The molecule has 0 unspecified atom stereocenters. The Labute approximate surface area is 151 Å². The van der Waals surface area contributed by atoms with Crippen molar-refractivity contribution >= 4 is 23.1 Å². The molecular formula is C19H17N3O2S. The number of benzene rings is 2. The molecule has 6 heteroatoms. The van der Waals surface area contributed by atoms with Gasteiger partial charge in [-0.1, -0.05) is 30.8 Å². The Bertz CT molecular complexity index is 897. The standard InChI is InChI=1S/C19H17N3O2S/c1-3-9-24-18-13(11-21)12(10-20)17(23-4-2)16-19(18)25-15-8-6-5-7-14(15)22-16/h5-8,22H,3-4,9H2,1-2H3. The maximum absolute atomic E-state index is 9.65. The van der Waals surface area contributed by atoms with E-state index in [0.29, 0.717) is 30.4 Å². The average Bonchev–Trinajstić information content (AvgIpc) is 2.65. The van der Waals surface area contributed by atoms with E-state index in [1.165, 1.54) is 11.8 Å². The van der Waals surface area contributed by atoms with E-state index in [2.05, 4.69) is 17.5 Å². The number of rotatable bonds is 5. The number of nitrogens with zero attached hydrogens (tertiary/aromatic N) is 2. The highest BCUT2D eigenvalue weighted by atomic mass is 32.2. The molecule has 2 aromatic carbocycles. The summed E-state index contributed by atoms with van der Waals surface area (Å²) in [5.41, 5.74) is 2.07. The van der Waals surface area contributed by atoms with Gasteiger partial charge in [-0.05, 0) is 25.5 Å². The fraction of sp³-hybridized carbons (Fsp3) is 0.263. The Morgan fingerprint density at radius 3 is 2.44 bits per heavy atom. The van der Waals surface area contributed by atoms with Gasteiger partial charge in [0.2, 0.25) is 0 Å². The van der Waals surface area contributed by atoms with Crippen molar-refractivity contribution < 1.29 is 9.47 Å². The number of anilines is 2. The molecule has 2 aromatic rings. The van der Waals surface area contributed by atoms with Crippen LogP contribution in [0.1, 0.15) is 31.4 Å². The summed E-state index contributed by atoms with van der Waals surface area (Å²) >= 11 is 1.52. The normalized spacial score (nSPS) is 11.4. The van der Waals surface area contributed by atoms with Gasteiger partial charge in [-0.3, -0.25) is 0 Å². The molecule has 1 heterocycles. The Balaban J connectivity index is 2.28. The lowest BCUT2D eigenvalue weighted by Gasteiger charge is -2.26. The van der Waals surface area contributed by atoms with Gasteiger partial charge in [0.1, 0.15) is 29.0 Å². The van der Waals surface area contributed by atoms with E-state index in [4.69, 9.17) is 9.47 Å². The predicted octanol–water partition coefficient (Wildman–Crippen LogP) is 4.83. The minimum absolute atomic E-state index is 0.210. The van der Waals surface area contributed by atoms with Gasteiger partial charge in [0.15, 0.2) is 11.5 Å². The van der Waals surface area contributed by atoms with Crippen molar-refractivity contribution in [3.63, 3.8) is 0 Å². The number of nitrogens with one attached hydrogen (secondary N) is 1. The fourth-order valence-electron chi connectivity index (χ4n) is 2.64. The van der Waals surface area contributed by atoms with Crippen molar-refractivity contribution in [1.29, 1.82) is 10.5 Å². The second kappa shape index (κ2) is 7.38. The van der Waals surface area contributed by atoms with Crippen molar-refractivity contribution in [3.05, 3.63) is 35.4 Å². The van der Waals surface area contributed by atoms with Crippen LogP contribution >= 0.6 is 11.8 Å². The van der Waals surface area contributed by atoms with Gasteiger partial charge in [0.05, 0.1) is 23.8 Å². The first-order valence-electron chi connectivity index (χ1n) is 8.08. The van der Waals surface area contributed by atoms with E-state index in [-0.39, 0.29) is 11.1 Å². The van der Waals surface area contributed by atoms with Crippen LogP contribution in [0.2, 0.25) is 0 Å². The van der Waals surface area contributed by atoms with Crippen LogP contribution in [0.5, 0.6) is 11.5 Å². The zero-order valence-electron chi connectivity index (χ0n) is 14.0. The van der Waals surface area contributed by atoms with Crippen molar-refractivity contribution in [2.24, 2.45) is 0 Å². The van der Waals surface area contributed by atoms with Crippen molar-refractivity contribution in [2.45, 2.75) is 30.1 Å². The van der Waals surface area contributed by atoms with E-state index in [1.807, 2.05) is 38.1 Å². The van der Waals surface area contributed by atoms with Crippen LogP contribution in [0.25, 0.3) is 0 Å². The van der Waals surface area contributed by atoms with Gasteiger partial charge in [-0.25, -0.2) is 0 Å². The van der Waals surface area contributed by atoms with E-state index < -0.39 is 0 Å². The van der Waals surface area contributed by atoms with Crippen molar-refractivity contribution in [3.8, 4) is 23.6 Å². The molecule has 0 aliphatic carbocycles. The highest BCUT2D eigenvalue weighted by Crippen LogP contribution is 2.54. The topological polar surface area (TPSA) is 78.1 Å². The van der Waals surface area contributed by atoms with Crippen LogP contribution in [0, 0.1) is 22.7 Å².